The molecule has 0 amide bonds. The molecule has 2 heterocycles. The van der Waals surface area contributed by atoms with Crippen molar-refractivity contribution in [2.45, 2.75) is 38.1 Å². The Hall–Kier alpha value is -1.96. The fourth-order valence-electron chi connectivity index (χ4n) is 3.66. The summed E-state index contributed by atoms with van der Waals surface area (Å²) in [6.45, 7) is 6.40. The predicted molar refractivity (Wildman–Crippen MR) is 104 cm³/mol. The Balaban J connectivity index is 1.85. The number of hydrogen-bond acceptors (Lipinski definition) is 5. The average molecular weight is 391 g/mol. The number of sulfonamides is 1. The summed E-state index contributed by atoms with van der Waals surface area (Å²) in [5.74, 6) is 0.783. The van der Waals surface area contributed by atoms with Gasteiger partial charge in [0.2, 0.25) is 10.0 Å². The van der Waals surface area contributed by atoms with E-state index < -0.39 is 10.0 Å². The van der Waals surface area contributed by atoms with Crippen molar-refractivity contribution in [1.29, 1.82) is 0 Å². The molecule has 1 aromatic heterocycles. The van der Waals surface area contributed by atoms with Gasteiger partial charge < -0.3 is 9.47 Å². The molecule has 1 fully saturated rings. The highest BCUT2D eigenvalue weighted by atomic mass is 32.2. The maximum Gasteiger partial charge on any atom is 0.241 e. The van der Waals surface area contributed by atoms with Crippen molar-refractivity contribution in [3.63, 3.8) is 0 Å². The van der Waals surface area contributed by atoms with E-state index in [1.807, 2.05) is 26.0 Å². The molecule has 1 aliphatic heterocycles. The Bertz CT molecular complexity index is 913. The van der Waals surface area contributed by atoms with Crippen LogP contribution in [0.4, 0.5) is 0 Å². The highest BCUT2D eigenvalue weighted by molar-refractivity contribution is 7.89. The number of pyridine rings is 1. The second-order valence-electron chi connectivity index (χ2n) is 7.06. The van der Waals surface area contributed by atoms with E-state index in [9.17, 15) is 8.42 Å². The summed E-state index contributed by atoms with van der Waals surface area (Å²) < 4.78 is 40.1. The molecule has 6 nitrogen and oxygen atoms in total. The van der Waals surface area contributed by atoms with Gasteiger partial charge in [-0.15, -0.1) is 0 Å². The summed E-state index contributed by atoms with van der Waals surface area (Å²) in [6.07, 6.45) is 4.24. The Labute approximate surface area is 161 Å². The minimum absolute atomic E-state index is 0.0853. The summed E-state index contributed by atoms with van der Waals surface area (Å²) in [5.41, 5.74) is 3.34. The summed E-state index contributed by atoms with van der Waals surface area (Å²) in [6, 6.07) is 5.41. The third-order valence-corrected chi connectivity index (χ3v) is 7.00. The topological polar surface area (TPSA) is 77.5 Å². The third kappa shape index (κ3) is 4.15. The van der Waals surface area contributed by atoms with Gasteiger partial charge in [-0.2, -0.15) is 0 Å². The number of rotatable bonds is 6. The molecule has 2 aromatic rings. The van der Waals surface area contributed by atoms with Crippen molar-refractivity contribution >= 4 is 10.0 Å². The maximum absolute atomic E-state index is 13.2. The second-order valence-corrected chi connectivity index (χ2v) is 8.71. The Morgan fingerprint density at radius 2 is 1.89 bits per heavy atom. The molecule has 0 bridgehead atoms. The molecule has 7 heteroatoms. The van der Waals surface area contributed by atoms with Gasteiger partial charge in [0.15, 0.2) is 0 Å². The maximum atomic E-state index is 13.2. The van der Waals surface area contributed by atoms with Crippen LogP contribution < -0.4 is 9.46 Å². The smallest absolute Gasteiger partial charge is 0.241 e. The van der Waals surface area contributed by atoms with Gasteiger partial charge in [-0.05, 0) is 67.6 Å². The first kappa shape index (κ1) is 19.8. The van der Waals surface area contributed by atoms with Crippen LogP contribution in [-0.2, 0) is 21.2 Å². The van der Waals surface area contributed by atoms with Crippen molar-refractivity contribution < 1.29 is 17.9 Å². The standard InChI is InChI=1S/C20H26N2O4S/c1-13-9-19(25-4)14(2)15(3)20(13)27(23,24)22-18-12-26-11-17(18)10-16-5-7-21-8-6-16/h5-9,17-18,22H,10-12H2,1-4H3/t17-,18+/m1/s1. The van der Waals surface area contributed by atoms with Crippen LogP contribution in [0, 0.1) is 26.7 Å². The lowest BCUT2D eigenvalue weighted by atomic mass is 9.96. The lowest BCUT2D eigenvalue weighted by Crippen LogP contribution is -2.41. The zero-order valence-corrected chi connectivity index (χ0v) is 17.0. The predicted octanol–water partition coefficient (Wildman–Crippen LogP) is 2.55. The molecule has 27 heavy (non-hydrogen) atoms. The molecule has 3 rings (SSSR count). The molecule has 0 radical (unpaired) electrons. The van der Waals surface area contributed by atoms with Gasteiger partial charge in [-0.25, -0.2) is 13.1 Å². The first-order chi connectivity index (χ1) is 12.8. The normalized spacial score (nSPS) is 20.0. The monoisotopic (exact) mass is 390 g/mol. The van der Waals surface area contributed by atoms with Crippen LogP contribution in [0.5, 0.6) is 5.75 Å². The van der Waals surface area contributed by atoms with E-state index in [0.717, 1.165) is 17.5 Å². The number of benzene rings is 1. The molecular formula is C20H26N2O4S. The molecule has 0 spiro atoms. The fourth-order valence-corrected chi connectivity index (χ4v) is 5.47. The highest BCUT2D eigenvalue weighted by Gasteiger charge is 2.33. The molecule has 2 atom stereocenters. The van der Waals surface area contributed by atoms with E-state index in [-0.39, 0.29) is 12.0 Å². The van der Waals surface area contributed by atoms with E-state index in [0.29, 0.717) is 35.0 Å². The number of nitrogens with zero attached hydrogens (tertiary/aromatic N) is 1. The minimum atomic E-state index is -3.68. The molecule has 1 aliphatic rings. The molecule has 0 aliphatic carbocycles. The van der Waals surface area contributed by atoms with Gasteiger partial charge in [0.05, 0.1) is 31.3 Å². The molecule has 0 unspecified atom stereocenters. The summed E-state index contributed by atoms with van der Waals surface area (Å²) in [5, 5.41) is 0. The number of aromatic nitrogens is 1. The SMILES string of the molecule is COc1cc(C)c(S(=O)(=O)N[C@H]2COC[C@H]2Cc2ccncc2)c(C)c1C. The minimum Gasteiger partial charge on any atom is -0.496 e. The molecule has 1 N–H and O–H groups in total. The number of nitrogens with one attached hydrogen (secondary N) is 1. The Morgan fingerprint density at radius 3 is 2.56 bits per heavy atom. The van der Waals surface area contributed by atoms with Gasteiger partial charge in [0.1, 0.15) is 5.75 Å². The van der Waals surface area contributed by atoms with Crippen LogP contribution in [0.3, 0.4) is 0 Å². The van der Waals surface area contributed by atoms with Crippen LogP contribution in [0.25, 0.3) is 0 Å². The molecule has 146 valence electrons. The van der Waals surface area contributed by atoms with E-state index in [2.05, 4.69) is 9.71 Å². The van der Waals surface area contributed by atoms with E-state index >= 15 is 0 Å². The van der Waals surface area contributed by atoms with Gasteiger partial charge in [-0.3, -0.25) is 4.98 Å². The average Bonchev–Trinajstić information content (AvgIpc) is 3.04. The zero-order chi connectivity index (χ0) is 19.6. The van der Waals surface area contributed by atoms with Gasteiger partial charge >= 0.3 is 0 Å². The molecule has 0 saturated carbocycles. The molecule has 1 saturated heterocycles. The van der Waals surface area contributed by atoms with Crippen LogP contribution in [0.15, 0.2) is 35.5 Å². The molecule has 1 aromatic carbocycles. The van der Waals surface area contributed by atoms with Crippen LogP contribution in [0.1, 0.15) is 22.3 Å². The van der Waals surface area contributed by atoms with Crippen molar-refractivity contribution in [3.05, 3.63) is 52.8 Å². The van der Waals surface area contributed by atoms with Crippen LogP contribution in [-0.4, -0.2) is 39.8 Å². The van der Waals surface area contributed by atoms with Crippen LogP contribution in [0.2, 0.25) is 0 Å². The number of aryl methyl sites for hydroxylation is 1. The second kappa shape index (κ2) is 7.96. The van der Waals surface area contributed by atoms with Crippen LogP contribution >= 0.6 is 0 Å². The van der Waals surface area contributed by atoms with E-state index in [1.54, 1.807) is 32.5 Å². The highest BCUT2D eigenvalue weighted by Crippen LogP contribution is 2.31. The summed E-state index contributed by atoms with van der Waals surface area (Å²) in [4.78, 5) is 4.36. The largest absolute Gasteiger partial charge is 0.496 e. The first-order valence-corrected chi connectivity index (χ1v) is 10.5. The van der Waals surface area contributed by atoms with Gasteiger partial charge in [0, 0.05) is 18.3 Å². The summed E-state index contributed by atoms with van der Waals surface area (Å²) >= 11 is 0. The Kier molecular flexibility index (Phi) is 5.83. The third-order valence-electron chi connectivity index (χ3n) is 5.22. The quantitative estimate of drug-likeness (QED) is 0.820. The van der Waals surface area contributed by atoms with Crippen molar-refractivity contribution in [2.24, 2.45) is 5.92 Å². The van der Waals surface area contributed by atoms with E-state index in [4.69, 9.17) is 9.47 Å². The first-order valence-electron chi connectivity index (χ1n) is 8.97. The Morgan fingerprint density at radius 1 is 1.19 bits per heavy atom. The van der Waals surface area contributed by atoms with Crippen molar-refractivity contribution in [3.8, 4) is 5.75 Å². The number of ether oxygens (including phenoxy) is 2. The van der Waals surface area contributed by atoms with Crippen molar-refractivity contribution in [1.82, 2.24) is 9.71 Å². The van der Waals surface area contributed by atoms with E-state index in [1.165, 1.54) is 0 Å². The van der Waals surface area contributed by atoms with Crippen molar-refractivity contribution in [2.75, 3.05) is 20.3 Å². The lowest BCUT2D eigenvalue weighted by Gasteiger charge is -2.22. The number of methoxy groups -OCH3 is 1. The van der Waals surface area contributed by atoms with Gasteiger partial charge in [0.25, 0.3) is 0 Å². The van der Waals surface area contributed by atoms with Gasteiger partial charge in [-0.1, -0.05) is 0 Å². The zero-order valence-electron chi connectivity index (χ0n) is 16.2. The lowest BCUT2D eigenvalue weighted by molar-refractivity contribution is 0.183. The summed E-state index contributed by atoms with van der Waals surface area (Å²) in [7, 11) is -2.09. The number of hydrogen-bond donors (Lipinski definition) is 1. The molecular weight excluding hydrogens is 364 g/mol. The fraction of sp³-hybridized carbons (Fsp3) is 0.450.